The van der Waals surface area contributed by atoms with Gasteiger partial charge in [-0.15, -0.1) is 11.8 Å². The van der Waals surface area contributed by atoms with Crippen LogP contribution in [0, 0.1) is 0 Å². The van der Waals surface area contributed by atoms with Crippen LogP contribution in [0.5, 0.6) is 0 Å². The Hall–Kier alpha value is -1.21. The second-order valence-corrected chi connectivity index (χ2v) is 5.16. The third-order valence-electron chi connectivity index (χ3n) is 2.83. The van der Waals surface area contributed by atoms with Gasteiger partial charge in [0.2, 0.25) is 5.91 Å². The number of alkyl halides is 3. The van der Waals surface area contributed by atoms with Crippen molar-refractivity contribution in [3.05, 3.63) is 35.4 Å². The lowest BCUT2D eigenvalue weighted by atomic mass is 10.1. The van der Waals surface area contributed by atoms with Gasteiger partial charge in [-0.2, -0.15) is 13.2 Å². The lowest BCUT2D eigenvalue weighted by Crippen LogP contribution is -2.30. The van der Waals surface area contributed by atoms with Crippen molar-refractivity contribution in [2.75, 3.05) is 18.9 Å². The highest BCUT2D eigenvalue weighted by Gasteiger charge is 2.34. The van der Waals surface area contributed by atoms with E-state index in [4.69, 9.17) is 5.11 Å². The van der Waals surface area contributed by atoms with Crippen molar-refractivity contribution >= 4 is 17.7 Å². The van der Waals surface area contributed by atoms with Crippen molar-refractivity contribution in [2.45, 2.75) is 11.6 Å². The Kier molecular flexibility index (Phi) is 4.05. The van der Waals surface area contributed by atoms with Crippen LogP contribution in [0.1, 0.15) is 16.5 Å². The van der Waals surface area contributed by atoms with Crippen LogP contribution in [-0.2, 0) is 11.0 Å². The Balaban J connectivity index is 2.20. The number of carbonyl (C=O) groups excluding carboxylic acids is 1. The van der Waals surface area contributed by atoms with Crippen molar-refractivity contribution in [3.63, 3.8) is 0 Å². The summed E-state index contributed by atoms with van der Waals surface area (Å²) in [4.78, 5) is 13.1. The maximum absolute atomic E-state index is 12.5. The lowest BCUT2D eigenvalue weighted by Gasteiger charge is -2.23. The Bertz CT molecular complexity index is 461. The van der Waals surface area contributed by atoms with Crippen molar-refractivity contribution in [1.82, 2.24) is 4.90 Å². The number of hydrogen-bond donors (Lipinski definition) is 1. The second kappa shape index (κ2) is 5.42. The third kappa shape index (κ3) is 3.03. The van der Waals surface area contributed by atoms with E-state index >= 15 is 0 Å². The largest absolute Gasteiger partial charge is 0.416 e. The molecule has 1 N–H and O–H groups in total. The van der Waals surface area contributed by atoms with Gasteiger partial charge in [-0.25, -0.2) is 0 Å². The highest BCUT2D eigenvalue weighted by atomic mass is 32.2. The molecule has 0 aliphatic carbocycles. The van der Waals surface area contributed by atoms with Crippen LogP contribution in [0.2, 0.25) is 0 Å². The second-order valence-electron chi connectivity index (χ2n) is 4.09. The Morgan fingerprint density at radius 1 is 1.32 bits per heavy atom. The summed E-state index contributed by atoms with van der Waals surface area (Å²) >= 11 is 1.35. The van der Waals surface area contributed by atoms with Crippen molar-refractivity contribution in [3.8, 4) is 0 Å². The monoisotopic (exact) mass is 291 g/mol. The molecular weight excluding hydrogens is 279 g/mol. The van der Waals surface area contributed by atoms with Crippen LogP contribution in [0.25, 0.3) is 0 Å². The number of aliphatic hydroxyl groups excluding tert-OH is 1. The number of benzene rings is 1. The number of rotatable bonds is 3. The van der Waals surface area contributed by atoms with E-state index in [0.29, 0.717) is 5.56 Å². The molecule has 7 heteroatoms. The maximum Gasteiger partial charge on any atom is 0.416 e. The van der Waals surface area contributed by atoms with E-state index in [-0.39, 0.29) is 30.2 Å². The number of β-amino-alcohol motifs (C(OH)–C–C–N with tert-alkyl or cyclic N) is 1. The molecule has 3 nitrogen and oxygen atoms in total. The summed E-state index contributed by atoms with van der Waals surface area (Å²) in [6, 6.07) is 4.78. The van der Waals surface area contributed by atoms with Gasteiger partial charge in [0, 0.05) is 6.54 Å². The number of aliphatic hydroxyl groups is 1. The minimum absolute atomic E-state index is 0.107. The first kappa shape index (κ1) is 14.2. The van der Waals surface area contributed by atoms with Crippen molar-refractivity contribution in [1.29, 1.82) is 0 Å². The molecular formula is C12H12F3NO2S. The quantitative estimate of drug-likeness (QED) is 0.929. The average molecular weight is 291 g/mol. The molecule has 0 aromatic heterocycles. The van der Waals surface area contributed by atoms with E-state index in [1.165, 1.54) is 28.8 Å². The molecule has 1 unspecified atom stereocenters. The highest BCUT2D eigenvalue weighted by molar-refractivity contribution is 8.00. The lowest BCUT2D eigenvalue weighted by molar-refractivity contribution is -0.137. The van der Waals surface area contributed by atoms with E-state index in [0.717, 1.165) is 12.1 Å². The minimum atomic E-state index is -4.36. The van der Waals surface area contributed by atoms with Gasteiger partial charge in [0.1, 0.15) is 5.37 Å². The maximum atomic E-state index is 12.5. The smallest absolute Gasteiger partial charge is 0.395 e. The van der Waals surface area contributed by atoms with E-state index in [9.17, 15) is 18.0 Å². The van der Waals surface area contributed by atoms with Crippen LogP contribution in [0.4, 0.5) is 13.2 Å². The van der Waals surface area contributed by atoms with Gasteiger partial charge < -0.3 is 10.0 Å². The first-order chi connectivity index (χ1) is 8.93. The van der Waals surface area contributed by atoms with E-state index in [1.54, 1.807) is 0 Å². The number of halogens is 3. The summed E-state index contributed by atoms with van der Waals surface area (Å²) in [5.74, 6) is 0.176. The molecule has 1 heterocycles. The van der Waals surface area contributed by atoms with Gasteiger partial charge in [-0.3, -0.25) is 4.79 Å². The van der Waals surface area contributed by atoms with Crippen LogP contribution in [-0.4, -0.2) is 34.8 Å². The predicted octanol–water partition coefficient (Wildman–Crippen LogP) is 2.27. The van der Waals surface area contributed by atoms with E-state index in [2.05, 4.69) is 0 Å². The number of hydrogen-bond acceptors (Lipinski definition) is 3. The summed E-state index contributed by atoms with van der Waals surface area (Å²) < 4.78 is 37.4. The normalized spacial score (nSPS) is 20.1. The first-order valence-corrected chi connectivity index (χ1v) is 6.67. The van der Waals surface area contributed by atoms with Gasteiger partial charge in [-0.1, -0.05) is 12.1 Å². The van der Waals surface area contributed by atoms with Gasteiger partial charge in [0.25, 0.3) is 0 Å². The number of carbonyl (C=O) groups is 1. The third-order valence-corrected chi connectivity index (χ3v) is 4.09. The summed E-state index contributed by atoms with van der Waals surface area (Å²) in [5.41, 5.74) is -0.0726. The van der Waals surface area contributed by atoms with Gasteiger partial charge in [-0.05, 0) is 17.7 Å². The average Bonchev–Trinajstić information content (AvgIpc) is 2.71. The summed E-state index contributed by atoms with van der Waals surface area (Å²) in [5, 5.41) is 8.59. The molecule has 1 aromatic carbocycles. The fourth-order valence-corrected chi connectivity index (χ4v) is 3.14. The van der Waals surface area contributed by atoms with E-state index in [1.807, 2.05) is 0 Å². The van der Waals surface area contributed by atoms with Crippen molar-refractivity contribution < 1.29 is 23.1 Å². The summed E-state index contributed by atoms with van der Waals surface area (Å²) in [6.45, 7) is 0.0287. The van der Waals surface area contributed by atoms with Gasteiger partial charge >= 0.3 is 6.18 Å². The summed E-state index contributed by atoms with van der Waals surface area (Å²) in [6.07, 6.45) is -4.36. The van der Waals surface area contributed by atoms with E-state index < -0.39 is 11.7 Å². The minimum Gasteiger partial charge on any atom is -0.395 e. The molecule has 1 amide bonds. The zero-order valence-electron chi connectivity index (χ0n) is 9.85. The molecule has 0 bridgehead atoms. The van der Waals surface area contributed by atoms with Crippen LogP contribution in [0.3, 0.4) is 0 Å². The molecule has 2 rings (SSSR count). The molecule has 1 aliphatic rings. The predicted molar refractivity (Wildman–Crippen MR) is 65.4 cm³/mol. The van der Waals surface area contributed by atoms with Crippen molar-refractivity contribution in [2.24, 2.45) is 0 Å². The van der Waals surface area contributed by atoms with Crippen LogP contribution < -0.4 is 0 Å². The highest BCUT2D eigenvalue weighted by Crippen LogP contribution is 2.39. The molecule has 1 saturated heterocycles. The number of amides is 1. The van der Waals surface area contributed by atoms with Gasteiger partial charge in [0.15, 0.2) is 0 Å². The van der Waals surface area contributed by atoms with Gasteiger partial charge in [0.05, 0.1) is 17.9 Å². The molecule has 1 fully saturated rings. The molecule has 0 saturated carbocycles. The fourth-order valence-electron chi connectivity index (χ4n) is 1.92. The first-order valence-electron chi connectivity index (χ1n) is 5.62. The SMILES string of the molecule is O=C1CSC(c2ccc(C(F)(F)F)cc2)N1CCO. The Morgan fingerprint density at radius 3 is 2.47 bits per heavy atom. The zero-order chi connectivity index (χ0) is 14.0. The molecule has 19 heavy (non-hydrogen) atoms. The topological polar surface area (TPSA) is 40.5 Å². The number of thioether (sulfide) groups is 1. The Labute approximate surface area is 112 Å². The van der Waals surface area contributed by atoms with Crippen LogP contribution in [0.15, 0.2) is 24.3 Å². The molecule has 0 radical (unpaired) electrons. The zero-order valence-corrected chi connectivity index (χ0v) is 10.7. The number of nitrogens with zero attached hydrogens (tertiary/aromatic N) is 1. The molecule has 1 atom stereocenters. The molecule has 1 aliphatic heterocycles. The molecule has 104 valence electrons. The Morgan fingerprint density at radius 2 is 1.95 bits per heavy atom. The molecule has 0 spiro atoms. The molecule has 1 aromatic rings. The van der Waals surface area contributed by atoms with Crippen LogP contribution >= 0.6 is 11.8 Å². The standard InChI is InChI=1S/C12H12F3NO2S/c13-12(14,15)9-3-1-8(2-4-9)11-16(5-6-17)10(18)7-19-11/h1-4,11,17H,5-7H2. The summed E-state index contributed by atoms with van der Waals surface area (Å²) in [7, 11) is 0. The fraction of sp³-hybridized carbons (Fsp3) is 0.417.